The maximum Gasteiger partial charge on any atom is 0.181 e. The lowest BCUT2D eigenvalue weighted by Crippen LogP contribution is -2.06. The summed E-state index contributed by atoms with van der Waals surface area (Å²) in [5.41, 5.74) is 13.9. The van der Waals surface area contributed by atoms with E-state index in [9.17, 15) is 10.2 Å². The Morgan fingerprint density at radius 2 is 0.643 bits per heavy atom. The molecule has 2 aromatic carbocycles. The van der Waals surface area contributed by atoms with Gasteiger partial charge in [-0.1, -0.05) is 24.3 Å². The minimum atomic E-state index is -0.958. The molecule has 2 unspecified atom stereocenters. The van der Waals surface area contributed by atoms with Crippen molar-refractivity contribution in [2.45, 2.75) is 63.9 Å². The molecule has 0 radical (unpaired) electrons. The van der Waals surface area contributed by atoms with Crippen molar-refractivity contribution < 1.29 is 49.0 Å². The molecule has 12 nitrogen and oxygen atoms in total. The van der Waals surface area contributed by atoms with E-state index in [1.165, 1.54) is 0 Å². The van der Waals surface area contributed by atoms with Gasteiger partial charge in [0.15, 0.2) is 12.6 Å². The molecule has 0 aliphatic rings. The topological polar surface area (TPSA) is 166 Å². The predicted molar refractivity (Wildman–Crippen MR) is 156 cm³/mol. The van der Waals surface area contributed by atoms with Gasteiger partial charge >= 0.3 is 0 Å². The van der Waals surface area contributed by atoms with Gasteiger partial charge in [0.25, 0.3) is 0 Å². The van der Waals surface area contributed by atoms with Crippen molar-refractivity contribution in [3.8, 4) is 0 Å². The molecule has 0 fully saturated rings. The first-order valence-corrected chi connectivity index (χ1v) is 14.6. The molecule has 2 aromatic rings. The lowest BCUT2D eigenvalue weighted by atomic mass is 10.2. The minimum absolute atomic E-state index is 0.421. The fourth-order valence-corrected chi connectivity index (χ4v) is 3.43. The van der Waals surface area contributed by atoms with Crippen LogP contribution in [0, 0.1) is 0 Å². The smallest absolute Gasteiger partial charge is 0.181 e. The second kappa shape index (κ2) is 24.1. The molecule has 42 heavy (non-hydrogen) atoms. The molecular formula is C30H48N2O10. The maximum absolute atomic E-state index is 9.96. The highest BCUT2D eigenvalue weighted by molar-refractivity contribution is 5.40. The normalized spacial score (nSPS) is 12.9. The standard InChI is InChI=1S/C30H48N2O10/c31-27-13-9-25(10-14-27)29(33)35-17-1-3-19-37-39-21-5-7-23-41-42-24-8-6-22-40-38-20-4-2-18-36-30(34)26-11-15-28(32)16-12-26/h9-16,29-30,33-34H,1-8,17-24,31-32H2. The van der Waals surface area contributed by atoms with Crippen molar-refractivity contribution in [1.82, 2.24) is 0 Å². The first kappa shape index (κ1) is 35.8. The van der Waals surface area contributed by atoms with Gasteiger partial charge in [-0.25, -0.2) is 29.3 Å². The number of hydrogen-bond acceptors (Lipinski definition) is 12. The first-order chi connectivity index (χ1) is 20.6. The Labute approximate surface area is 248 Å². The first-order valence-electron chi connectivity index (χ1n) is 14.6. The molecule has 0 aliphatic heterocycles. The van der Waals surface area contributed by atoms with E-state index in [-0.39, 0.29) is 0 Å². The van der Waals surface area contributed by atoms with Gasteiger partial charge in [-0.05, 0) is 75.6 Å². The molecule has 12 heteroatoms. The van der Waals surface area contributed by atoms with Crippen LogP contribution in [0.2, 0.25) is 0 Å². The number of anilines is 2. The van der Waals surface area contributed by atoms with E-state index in [0.717, 1.165) is 51.4 Å². The summed E-state index contributed by atoms with van der Waals surface area (Å²) in [4.78, 5) is 30.9. The number of aliphatic hydroxyl groups is 2. The van der Waals surface area contributed by atoms with Gasteiger partial charge in [0.05, 0.1) is 52.9 Å². The molecular weight excluding hydrogens is 548 g/mol. The zero-order valence-electron chi connectivity index (χ0n) is 24.4. The molecule has 2 atom stereocenters. The fourth-order valence-electron chi connectivity index (χ4n) is 3.43. The van der Waals surface area contributed by atoms with Crippen LogP contribution in [0.15, 0.2) is 48.5 Å². The molecule has 0 amide bonds. The highest BCUT2D eigenvalue weighted by Crippen LogP contribution is 2.17. The van der Waals surface area contributed by atoms with Crippen LogP contribution in [-0.2, 0) is 38.8 Å². The van der Waals surface area contributed by atoms with Crippen LogP contribution >= 0.6 is 0 Å². The number of hydrogen-bond donors (Lipinski definition) is 4. The van der Waals surface area contributed by atoms with E-state index < -0.39 is 12.6 Å². The van der Waals surface area contributed by atoms with Crippen LogP contribution in [0.5, 0.6) is 0 Å². The number of benzene rings is 2. The van der Waals surface area contributed by atoms with Gasteiger partial charge in [-0.15, -0.1) is 0 Å². The summed E-state index contributed by atoms with van der Waals surface area (Å²) < 4.78 is 10.8. The van der Waals surface area contributed by atoms with Gasteiger partial charge in [0.1, 0.15) is 0 Å². The van der Waals surface area contributed by atoms with E-state index in [0.29, 0.717) is 75.4 Å². The monoisotopic (exact) mass is 596 g/mol. The second-order valence-electron chi connectivity index (χ2n) is 9.54. The predicted octanol–water partition coefficient (Wildman–Crippen LogP) is 4.53. The lowest BCUT2D eigenvalue weighted by molar-refractivity contribution is -0.307. The molecule has 0 saturated carbocycles. The van der Waals surface area contributed by atoms with Crippen molar-refractivity contribution >= 4 is 11.4 Å². The Balaban J connectivity index is 1.21. The summed E-state index contributed by atoms with van der Waals surface area (Å²) >= 11 is 0. The van der Waals surface area contributed by atoms with Crippen LogP contribution < -0.4 is 11.5 Å². The molecule has 6 N–H and O–H groups in total. The molecule has 2 rings (SSSR count). The highest BCUT2D eigenvalue weighted by Gasteiger charge is 2.08. The Kier molecular flexibility index (Phi) is 20.6. The number of nitrogen functional groups attached to an aromatic ring is 2. The lowest BCUT2D eigenvalue weighted by Gasteiger charge is -2.12. The summed E-state index contributed by atoms with van der Waals surface area (Å²) in [5, 5.41) is 19.9. The molecule has 0 spiro atoms. The molecule has 238 valence electrons. The Bertz CT molecular complexity index is 815. The summed E-state index contributed by atoms with van der Waals surface area (Å²) in [6, 6.07) is 13.9. The number of aliphatic hydroxyl groups excluding tert-OH is 2. The Morgan fingerprint density at radius 1 is 0.405 bits per heavy atom. The number of nitrogens with two attached hydrogens (primary N) is 2. The van der Waals surface area contributed by atoms with Gasteiger partial charge in [-0.2, -0.15) is 0 Å². The highest BCUT2D eigenvalue weighted by atomic mass is 17.2. The average molecular weight is 597 g/mol. The second-order valence-corrected chi connectivity index (χ2v) is 9.54. The molecule has 0 bridgehead atoms. The van der Waals surface area contributed by atoms with E-state index in [1.807, 2.05) is 0 Å². The van der Waals surface area contributed by atoms with Crippen LogP contribution in [-0.4, -0.2) is 63.1 Å². The molecule has 0 saturated heterocycles. The van der Waals surface area contributed by atoms with Crippen molar-refractivity contribution in [2.75, 3.05) is 64.3 Å². The molecule has 0 heterocycles. The number of ether oxygens (including phenoxy) is 2. The van der Waals surface area contributed by atoms with Gasteiger partial charge in [0.2, 0.25) is 0 Å². The van der Waals surface area contributed by atoms with Crippen LogP contribution in [0.25, 0.3) is 0 Å². The molecule has 0 aliphatic carbocycles. The van der Waals surface area contributed by atoms with Crippen molar-refractivity contribution in [1.29, 1.82) is 0 Å². The average Bonchev–Trinajstić information content (AvgIpc) is 2.99. The van der Waals surface area contributed by atoms with E-state index >= 15 is 0 Å². The quantitative estimate of drug-likeness (QED) is 0.0375. The Hall–Kier alpha value is -2.36. The number of rotatable bonds is 27. The van der Waals surface area contributed by atoms with Gasteiger partial charge in [0, 0.05) is 22.5 Å². The van der Waals surface area contributed by atoms with Crippen molar-refractivity contribution in [2.24, 2.45) is 0 Å². The number of unbranched alkanes of at least 4 members (excludes halogenated alkanes) is 4. The zero-order chi connectivity index (χ0) is 30.1. The third kappa shape index (κ3) is 18.2. The minimum Gasteiger partial charge on any atom is -0.399 e. The van der Waals surface area contributed by atoms with Crippen molar-refractivity contribution in [3.63, 3.8) is 0 Å². The fraction of sp³-hybridized carbons (Fsp3) is 0.600. The third-order valence-corrected chi connectivity index (χ3v) is 5.90. The Morgan fingerprint density at radius 3 is 0.905 bits per heavy atom. The van der Waals surface area contributed by atoms with Gasteiger partial charge in [-0.3, -0.25) is 0 Å². The van der Waals surface area contributed by atoms with Crippen LogP contribution in [0.4, 0.5) is 11.4 Å². The molecule has 0 aromatic heterocycles. The SMILES string of the molecule is Nc1ccc(C(O)OCCCCOOCCCCOOCCCCOOCCCCOC(O)c2ccc(N)cc2)cc1. The van der Waals surface area contributed by atoms with E-state index in [1.54, 1.807) is 48.5 Å². The third-order valence-electron chi connectivity index (χ3n) is 5.90. The zero-order valence-corrected chi connectivity index (χ0v) is 24.4. The van der Waals surface area contributed by atoms with Crippen LogP contribution in [0.3, 0.4) is 0 Å². The summed E-state index contributed by atoms with van der Waals surface area (Å²) in [6.07, 6.45) is 4.27. The summed E-state index contributed by atoms with van der Waals surface area (Å²) in [7, 11) is 0. The van der Waals surface area contributed by atoms with Gasteiger partial charge < -0.3 is 31.2 Å². The van der Waals surface area contributed by atoms with Crippen molar-refractivity contribution in [3.05, 3.63) is 59.7 Å². The van der Waals surface area contributed by atoms with Crippen LogP contribution in [0.1, 0.15) is 75.1 Å². The maximum atomic E-state index is 9.96. The summed E-state index contributed by atoms with van der Waals surface area (Å²) in [6.45, 7) is 3.68. The van der Waals surface area contributed by atoms with E-state index in [4.69, 9.17) is 50.3 Å². The summed E-state index contributed by atoms with van der Waals surface area (Å²) in [5.74, 6) is 0. The van der Waals surface area contributed by atoms with E-state index in [2.05, 4.69) is 0 Å². The largest absolute Gasteiger partial charge is 0.399 e.